The van der Waals surface area contributed by atoms with Crippen LogP contribution in [0.1, 0.15) is 25.3 Å². The molecule has 1 unspecified atom stereocenters. The fourth-order valence-electron chi connectivity index (χ4n) is 2.39. The molecule has 2 heterocycles. The number of aromatic nitrogens is 3. The van der Waals surface area contributed by atoms with E-state index in [4.69, 9.17) is 5.73 Å². The summed E-state index contributed by atoms with van der Waals surface area (Å²) in [4.78, 5) is 4.54. The molecule has 0 bridgehead atoms. The molecule has 2 aromatic heterocycles. The summed E-state index contributed by atoms with van der Waals surface area (Å²) < 4.78 is 1.81. The molecular weight excluding hydrogens is 226 g/mol. The molecule has 0 spiro atoms. The van der Waals surface area contributed by atoms with Gasteiger partial charge in [0.05, 0.1) is 5.54 Å². The Morgan fingerprint density at radius 2 is 2.33 bits per heavy atom. The third-order valence-corrected chi connectivity index (χ3v) is 3.86. The zero-order valence-electron chi connectivity index (χ0n) is 10.8. The molecule has 5 nitrogen and oxygen atoms in total. The first kappa shape index (κ1) is 11.5. The normalized spacial score (nSPS) is 18.8. The molecule has 1 fully saturated rings. The Morgan fingerprint density at radius 3 is 2.94 bits per heavy atom. The molecule has 1 atom stereocenters. The van der Waals surface area contributed by atoms with E-state index in [9.17, 15) is 0 Å². The van der Waals surface area contributed by atoms with Crippen molar-refractivity contribution >= 4 is 11.6 Å². The monoisotopic (exact) mass is 245 g/mol. The Balaban J connectivity index is 1.92. The van der Waals surface area contributed by atoms with Gasteiger partial charge in [-0.25, -0.2) is 4.52 Å². The summed E-state index contributed by atoms with van der Waals surface area (Å²) >= 11 is 0. The number of fused-ring (bicyclic) bond motifs is 1. The van der Waals surface area contributed by atoms with Crippen LogP contribution in [0.4, 0.5) is 5.95 Å². The Kier molecular flexibility index (Phi) is 2.52. The number of nitrogens with two attached hydrogens (primary N) is 1. The maximum Gasteiger partial charge on any atom is 0.243 e. The van der Waals surface area contributed by atoms with Crippen molar-refractivity contribution in [2.75, 3.05) is 11.9 Å². The standard InChI is InChI=1S/C13H19N5/c1-9-4-3-7-18-11(9)15-12(17-18)16-13(2,8-14)10-5-6-10/h3-4,7,10H,5-6,8,14H2,1-2H3,(H,16,17). The van der Waals surface area contributed by atoms with Crippen LogP contribution >= 0.6 is 0 Å². The average Bonchev–Trinajstić information content (AvgIpc) is 3.12. The van der Waals surface area contributed by atoms with E-state index in [0.717, 1.165) is 11.2 Å². The van der Waals surface area contributed by atoms with Gasteiger partial charge in [-0.15, -0.1) is 5.10 Å². The number of nitrogens with zero attached hydrogens (tertiary/aromatic N) is 3. The average molecular weight is 245 g/mol. The van der Waals surface area contributed by atoms with Gasteiger partial charge in [0.1, 0.15) is 0 Å². The summed E-state index contributed by atoms with van der Waals surface area (Å²) in [5.41, 5.74) is 7.83. The highest BCUT2D eigenvalue weighted by atomic mass is 15.4. The minimum absolute atomic E-state index is 0.0845. The van der Waals surface area contributed by atoms with Crippen molar-refractivity contribution < 1.29 is 0 Å². The van der Waals surface area contributed by atoms with E-state index in [1.807, 2.05) is 29.8 Å². The Morgan fingerprint density at radius 1 is 1.56 bits per heavy atom. The van der Waals surface area contributed by atoms with E-state index in [2.05, 4.69) is 22.3 Å². The predicted octanol–water partition coefficient (Wildman–Crippen LogP) is 1.58. The van der Waals surface area contributed by atoms with E-state index in [-0.39, 0.29) is 5.54 Å². The number of nitrogens with one attached hydrogen (secondary N) is 1. The van der Waals surface area contributed by atoms with Gasteiger partial charge in [0.25, 0.3) is 0 Å². The molecule has 0 aromatic carbocycles. The summed E-state index contributed by atoms with van der Waals surface area (Å²) in [6, 6.07) is 4.01. The Hall–Kier alpha value is -1.62. The molecule has 2 aromatic rings. The van der Waals surface area contributed by atoms with E-state index in [1.54, 1.807) is 0 Å². The highest BCUT2D eigenvalue weighted by molar-refractivity contribution is 5.50. The van der Waals surface area contributed by atoms with Crippen LogP contribution in [0.5, 0.6) is 0 Å². The molecule has 96 valence electrons. The molecule has 1 saturated carbocycles. The van der Waals surface area contributed by atoms with Gasteiger partial charge in [0.15, 0.2) is 5.65 Å². The lowest BCUT2D eigenvalue weighted by Crippen LogP contribution is -2.45. The fourth-order valence-corrected chi connectivity index (χ4v) is 2.39. The number of hydrogen-bond donors (Lipinski definition) is 2. The lowest BCUT2D eigenvalue weighted by atomic mass is 9.96. The lowest BCUT2D eigenvalue weighted by molar-refractivity contribution is 0.456. The first-order chi connectivity index (χ1) is 8.62. The molecule has 3 N–H and O–H groups in total. The summed E-state index contributed by atoms with van der Waals surface area (Å²) in [5, 5.41) is 7.87. The quantitative estimate of drug-likeness (QED) is 0.858. The van der Waals surface area contributed by atoms with Crippen LogP contribution in [0.2, 0.25) is 0 Å². The van der Waals surface area contributed by atoms with Crippen molar-refractivity contribution in [1.29, 1.82) is 0 Å². The zero-order valence-corrected chi connectivity index (χ0v) is 10.8. The summed E-state index contributed by atoms with van der Waals surface area (Å²) in [5.74, 6) is 1.32. The summed E-state index contributed by atoms with van der Waals surface area (Å²) in [7, 11) is 0. The van der Waals surface area contributed by atoms with Crippen LogP contribution < -0.4 is 11.1 Å². The highest BCUT2D eigenvalue weighted by Crippen LogP contribution is 2.40. The van der Waals surface area contributed by atoms with Gasteiger partial charge in [-0.1, -0.05) is 6.07 Å². The molecule has 18 heavy (non-hydrogen) atoms. The highest BCUT2D eigenvalue weighted by Gasteiger charge is 2.41. The SMILES string of the molecule is Cc1cccn2nc(NC(C)(CN)C3CC3)nc12. The maximum absolute atomic E-state index is 5.90. The van der Waals surface area contributed by atoms with Crippen LogP contribution in [0.15, 0.2) is 18.3 Å². The van der Waals surface area contributed by atoms with Gasteiger partial charge < -0.3 is 11.1 Å². The zero-order chi connectivity index (χ0) is 12.8. The van der Waals surface area contributed by atoms with Gasteiger partial charge in [0, 0.05) is 12.7 Å². The fraction of sp³-hybridized carbons (Fsp3) is 0.538. The van der Waals surface area contributed by atoms with Gasteiger partial charge in [0.2, 0.25) is 5.95 Å². The van der Waals surface area contributed by atoms with Crippen molar-refractivity contribution in [3.05, 3.63) is 23.9 Å². The van der Waals surface area contributed by atoms with Gasteiger partial charge in [-0.2, -0.15) is 4.98 Å². The van der Waals surface area contributed by atoms with Crippen LogP contribution in [-0.2, 0) is 0 Å². The number of rotatable bonds is 4. The molecule has 0 radical (unpaired) electrons. The topological polar surface area (TPSA) is 68.2 Å². The van der Waals surface area contributed by atoms with Crippen LogP contribution in [-0.4, -0.2) is 26.7 Å². The number of hydrogen-bond acceptors (Lipinski definition) is 4. The summed E-state index contributed by atoms with van der Waals surface area (Å²) in [6.45, 7) is 4.80. The van der Waals surface area contributed by atoms with Crippen molar-refractivity contribution in [3.63, 3.8) is 0 Å². The van der Waals surface area contributed by atoms with Gasteiger partial charge in [-0.3, -0.25) is 0 Å². The number of anilines is 1. The third kappa shape index (κ3) is 1.84. The third-order valence-electron chi connectivity index (χ3n) is 3.86. The van der Waals surface area contributed by atoms with Crippen molar-refractivity contribution in [3.8, 4) is 0 Å². The Labute approximate surface area is 106 Å². The molecule has 1 aliphatic carbocycles. The number of pyridine rings is 1. The van der Waals surface area contributed by atoms with Crippen LogP contribution in [0.25, 0.3) is 5.65 Å². The minimum Gasteiger partial charge on any atom is -0.346 e. The minimum atomic E-state index is -0.0845. The molecule has 1 aliphatic rings. The van der Waals surface area contributed by atoms with E-state index < -0.39 is 0 Å². The van der Waals surface area contributed by atoms with E-state index >= 15 is 0 Å². The second-order valence-corrected chi connectivity index (χ2v) is 5.42. The predicted molar refractivity (Wildman–Crippen MR) is 71.5 cm³/mol. The van der Waals surface area contributed by atoms with Gasteiger partial charge >= 0.3 is 0 Å². The van der Waals surface area contributed by atoms with Crippen LogP contribution in [0.3, 0.4) is 0 Å². The first-order valence-corrected chi connectivity index (χ1v) is 6.42. The molecule has 5 heteroatoms. The van der Waals surface area contributed by atoms with E-state index in [0.29, 0.717) is 18.4 Å². The molecule has 0 aliphatic heterocycles. The first-order valence-electron chi connectivity index (χ1n) is 6.42. The van der Waals surface area contributed by atoms with Crippen LogP contribution in [0, 0.1) is 12.8 Å². The number of aryl methyl sites for hydroxylation is 1. The summed E-state index contributed by atoms with van der Waals surface area (Å²) in [6.07, 6.45) is 4.40. The molecular formula is C13H19N5. The van der Waals surface area contributed by atoms with E-state index in [1.165, 1.54) is 12.8 Å². The maximum atomic E-state index is 5.90. The van der Waals surface area contributed by atoms with Crippen molar-refractivity contribution in [2.24, 2.45) is 11.7 Å². The Bertz CT molecular complexity index is 572. The second-order valence-electron chi connectivity index (χ2n) is 5.42. The molecule has 3 rings (SSSR count). The molecule has 0 saturated heterocycles. The van der Waals surface area contributed by atoms with Gasteiger partial charge in [-0.05, 0) is 44.2 Å². The van der Waals surface area contributed by atoms with Crippen molar-refractivity contribution in [2.45, 2.75) is 32.2 Å². The van der Waals surface area contributed by atoms with Crippen molar-refractivity contribution in [1.82, 2.24) is 14.6 Å². The second kappa shape index (κ2) is 3.95. The lowest BCUT2D eigenvalue weighted by Gasteiger charge is -2.28. The molecule has 0 amide bonds. The smallest absolute Gasteiger partial charge is 0.243 e. The largest absolute Gasteiger partial charge is 0.346 e.